The summed E-state index contributed by atoms with van der Waals surface area (Å²) in [5.74, 6) is -0.141. The average Bonchev–Trinajstić information content (AvgIpc) is 3.29. The third-order valence-electron chi connectivity index (χ3n) is 13.1. The highest BCUT2D eigenvalue weighted by Crippen LogP contribution is 2.15. The van der Waals surface area contributed by atoms with Gasteiger partial charge in [0.2, 0.25) is 11.8 Å². The van der Waals surface area contributed by atoms with Crippen molar-refractivity contribution >= 4 is 11.8 Å². The lowest BCUT2D eigenvalue weighted by Gasteiger charge is -2.27. The van der Waals surface area contributed by atoms with E-state index in [-0.39, 0.29) is 31.3 Å². The number of rotatable bonds is 52. The van der Waals surface area contributed by atoms with Gasteiger partial charge in [-0.05, 0) is 38.5 Å². The first kappa shape index (κ1) is 64.6. The molecule has 0 heterocycles. The van der Waals surface area contributed by atoms with Crippen LogP contribution in [0.4, 0.5) is 0 Å². The van der Waals surface area contributed by atoms with E-state index in [1.165, 1.54) is 103 Å². The van der Waals surface area contributed by atoms with E-state index in [0.717, 1.165) is 89.9 Å². The normalized spacial score (nSPS) is 13.8. The third-order valence-corrected chi connectivity index (χ3v) is 13.1. The van der Waals surface area contributed by atoms with Crippen LogP contribution >= 0.6 is 0 Å². The van der Waals surface area contributed by atoms with E-state index < -0.39 is 24.4 Å². The topological polar surface area (TPSA) is 169 Å². The van der Waals surface area contributed by atoms with Gasteiger partial charge < -0.3 is 41.1 Å². The number of unbranched alkanes of at least 4 members (excludes halogenated alkanes) is 20. The molecule has 0 aromatic carbocycles. The molecule has 0 spiro atoms. The van der Waals surface area contributed by atoms with Gasteiger partial charge in [0.15, 0.2) is 0 Å². The molecule has 0 rings (SSSR count). The van der Waals surface area contributed by atoms with Crippen molar-refractivity contribution in [2.75, 3.05) is 78.6 Å². The van der Waals surface area contributed by atoms with Crippen LogP contribution in [0.25, 0.3) is 0 Å². The smallest absolute Gasteiger partial charge is 0.221 e. The van der Waals surface area contributed by atoms with E-state index in [4.69, 9.17) is 0 Å². The fraction of sp³-hybridized carbons (Fsp3) is 0.963. The summed E-state index contributed by atoms with van der Waals surface area (Å²) in [4.78, 5) is 32.0. The molecule has 4 atom stereocenters. The summed E-state index contributed by atoms with van der Waals surface area (Å²) in [7, 11) is 0. The second kappa shape index (κ2) is 48.6. The van der Waals surface area contributed by atoms with Gasteiger partial charge in [0, 0.05) is 84.8 Å². The van der Waals surface area contributed by atoms with Crippen LogP contribution < -0.4 is 10.6 Å². The van der Waals surface area contributed by atoms with Gasteiger partial charge in [-0.2, -0.15) is 0 Å². The first-order chi connectivity index (χ1) is 32.1. The van der Waals surface area contributed by atoms with Crippen molar-refractivity contribution in [2.24, 2.45) is 0 Å². The number of carbonyl (C=O) groups excluding carboxylic acids is 2. The van der Waals surface area contributed by atoms with Gasteiger partial charge in [-0.1, -0.05) is 182 Å². The lowest BCUT2D eigenvalue weighted by atomic mass is 10.1. The predicted molar refractivity (Wildman–Crippen MR) is 277 cm³/mol. The molecule has 0 aromatic rings. The first-order valence-electron chi connectivity index (χ1n) is 28.1. The zero-order chi connectivity index (χ0) is 48.7. The summed E-state index contributed by atoms with van der Waals surface area (Å²) in [5, 5.41) is 59.3. The summed E-state index contributed by atoms with van der Waals surface area (Å²) in [5.41, 5.74) is 0. The SMILES string of the molecule is CCCCCCCCC(O)CN(CCCNC(=O)CCN(CCO)CCC(=O)NCCCN(CC(O)CCCCCCCC)CC(O)CCCCCCCC)CC(O)CCCCCCCC. The maximum atomic E-state index is 12.9. The Kier molecular flexibility index (Phi) is 47.6. The number of nitrogens with zero attached hydrogens (tertiary/aromatic N) is 3. The number of hydrogen-bond donors (Lipinski definition) is 7. The van der Waals surface area contributed by atoms with Gasteiger partial charge in [-0.25, -0.2) is 0 Å². The molecule has 12 nitrogen and oxygen atoms in total. The summed E-state index contributed by atoms with van der Waals surface area (Å²) in [6.45, 7) is 14.6. The fourth-order valence-corrected chi connectivity index (χ4v) is 8.95. The van der Waals surface area contributed by atoms with E-state index >= 15 is 0 Å². The minimum absolute atomic E-state index is 0.0558. The second-order valence-corrected chi connectivity index (χ2v) is 19.8. The quantitative estimate of drug-likeness (QED) is 0.0292. The standard InChI is InChI=1S/C54H111N5O7/c1-5-9-13-17-21-25-31-49(61)45-58(46-50(62)32-26-22-18-14-10-6-2)39-29-37-55-53(65)35-41-57(43-44-60)42-36-54(66)56-38-30-40-59(47-51(63)33-27-23-19-15-11-7-3)48-52(64)34-28-24-20-16-12-8-4/h49-52,60-64H,5-48H2,1-4H3,(H,55,65)(H,56,66). The molecule has 0 aliphatic carbocycles. The zero-order valence-corrected chi connectivity index (χ0v) is 43.8. The summed E-state index contributed by atoms with van der Waals surface area (Å²) in [6.07, 6.45) is 31.9. The van der Waals surface area contributed by atoms with E-state index in [0.29, 0.717) is 72.0 Å². The molecule has 12 heteroatoms. The zero-order valence-electron chi connectivity index (χ0n) is 43.8. The number of hydrogen-bond acceptors (Lipinski definition) is 10. The third kappa shape index (κ3) is 43.9. The highest BCUT2D eigenvalue weighted by Gasteiger charge is 2.18. The predicted octanol–water partition coefficient (Wildman–Crippen LogP) is 9.12. The van der Waals surface area contributed by atoms with Crippen LogP contribution in [0.15, 0.2) is 0 Å². The molecular formula is C54H111N5O7. The Labute approximate surface area is 407 Å². The molecule has 66 heavy (non-hydrogen) atoms. The van der Waals surface area contributed by atoms with Crippen molar-refractivity contribution in [3.8, 4) is 0 Å². The molecule has 0 aliphatic heterocycles. The molecule has 394 valence electrons. The highest BCUT2D eigenvalue weighted by atomic mass is 16.3. The molecule has 0 radical (unpaired) electrons. The van der Waals surface area contributed by atoms with Crippen molar-refractivity contribution in [3.63, 3.8) is 0 Å². The van der Waals surface area contributed by atoms with Gasteiger partial charge in [0.25, 0.3) is 0 Å². The number of nitrogens with one attached hydrogen (secondary N) is 2. The molecule has 0 saturated heterocycles. The molecule has 4 unspecified atom stereocenters. The molecule has 0 aromatic heterocycles. The van der Waals surface area contributed by atoms with Crippen molar-refractivity contribution in [1.82, 2.24) is 25.3 Å². The summed E-state index contributed by atoms with van der Waals surface area (Å²) >= 11 is 0. The monoisotopic (exact) mass is 942 g/mol. The van der Waals surface area contributed by atoms with Crippen molar-refractivity contribution < 1.29 is 35.1 Å². The van der Waals surface area contributed by atoms with Crippen LogP contribution in [-0.4, -0.2) is 155 Å². The first-order valence-corrected chi connectivity index (χ1v) is 28.1. The summed E-state index contributed by atoms with van der Waals surface area (Å²) in [6, 6.07) is 0. The molecule has 0 bridgehead atoms. The van der Waals surface area contributed by atoms with Crippen molar-refractivity contribution in [3.05, 3.63) is 0 Å². The van der Waals surface area contributed by atoms with Crippen LogP contribution in [0.2, 0.25) is 0 Å². The Bertz CT molecular complexity index is 921. The number of aliphatic hydroxyl groups excluding tert-OH is 5. The molecular weight excluding hydrogens is 831 g/mol. The maximum Gasteiger partial charge on any atom is 0.221 e. The van der Waals surface area contributed by atoms with Gasteiger partial charge in [-0.15, -0.1) is 0 Å². The Morgan fingerprint density at radius 1 is 0.364 bits per heavy atom. The van der Waals surface area contributed by atoms with E-state index in [9.17, 15) is 35.1 Å². The Morgan fingerprint density at radius 2 is 0.636 bits per heavy atom. The summed E-state index contributed by atoms with van der Waals surface area (Å²) < 4.78 is 0. The minimum Gasteiger partial charge on any atom is -0.395 e. The van der Waals surface area contributed by atoms with Crippen LogP contribution in [-0.2, 0) is 9.59 Å². The average molecular weight is 943 g/mol. The highest BCUT2D eigenvalue weighted by molar-refractivity contribution is 5.76. The van der Waals surface area contributed by atoms with Crippen LogP contribution in [0, 0.1) is 0 Å². The molecule has 2 amide bonds. The second-order valence-electron chi connectivity index (χ2n) is 19.8. The Morgan fingerprint density at radius 3 is 0.909 bits per heavy atom. The van der Waals surface area contributed by atoms with Gasteiger partial charge in [0.05, 0.1) is 31.0 Å². The van der Waals surface area contributed by atoms with E-state index in [1.54, 1.807) is 0 Å². The Hall–Kier alpha value is -1.38. The molecule has 0 fully saturated rings. The minimum atomic E-state index is -0.425. The lowest BCUT2D eigenvalue weighted by Crippen LogP contribution is -2.40. The molecule has 0 aliphatic rings. The van der Waals surface area contributed by atoms with Gasteiger partial charge >= 0.3 is 0 Å². The van der Waals surface area contributed by atoms with Crippen LogP contribution in [0.5, 0.6) is 0 Å². The number of aliphatic hydroxyl groups is 5. The van der Waals surface area contributed by atoms with Gasteiger partial charge in [0.1, 0.15) is 0 Å². The number of carbonyl (C=O) groups is 2. The molecule has 7 N–H and O–H groups in total. The maximum absolute atomic E-state index is 12.9. The van der Waals surface area contributed by atoms with Crippen molar-refractivity contribution in [2.45, 2.75) is 258 Å². The fourth-order valence-electron chi connectivity index (χ4n) is 8.95. The Balaban J connectivity index is 4.82. The van der Waals surface area contributed by atoms with E-state index in [1.807, 2.05) is 4.90 Å². The van der Waals surface area contributed by atoms with Gasteiger partial charge in [-0.3, -0.25) is 19.4 Å². The number of amides is 2. The van der Waals surface area contributed by atoms with Crippen LogP contribution in [0.3, 0.4) is 0 Å². The largest absolute Gasteiger partial charge is 0.395 e. The van der Waals surface area contributed by atoms with Crippen molar-refractivity contribution in [1.29, 1.82) is 0 Å². The molecule has 0 saturated carbocycles. The lowest BCUT2D eigenvalue weighted by molar-refractivity contribution is -0.121. The van der Waals surface area contributed by atoms with E-state index in [2.05, 4.69) is 48.1 Å². The van der Waals surface area contributed by atoms with Crippen LogP contribution in [0.1, 0.15) is 233 Å².